The fourth-order valence-electron chi connectivity index (χ4n) is 3.40. The second-order valence-corrected chi connectivity index (χ2v) is 7.35. The standard InChI is InChI=1S/C26H25N3O5/c1-29(26(30)28-17-5-9-19(31-2)10-6-17)18-7-11-20(12-8-18)34-23-13-14-27-22-16-25(33-4)24(32-3)15-21(22)23/h5-16H,1-4H3,(H,28,30). The van der Waals surface area contributed by atoms with Gasteiger partial charge >= 0.3 is 6.03 Å². The van der Waals surface area contributed by atoms with Crippen molar-refractivity contribution in [3.05, 3.63) is 72.9 Å². The number of anilines is 2. The first-order chi connectivity index (χ1) is 16.5. The summed E-state index contributed by atoms with van der Waals surface area (Å²) in [5, 5.41) is 3.65. The number of ether oxygens (including phenoxy) is 4. The Labute approximate surface area is 197 Å². The Morgan fingerprint density at radius 2 is 1.44 bits per heavy atom. The van der Waals surface area contributed by atoms with Gasteiger partial charge in [-0.1, -0.05) is 0 Å². The molecule has 4 aromatic rings. The van der Waals surface area contributed by atoms with E-state index >= 15 is 0 Å². The normalized spacial score (nSPS) is 10.5. The lowest BCUT2D eigenvalue weighted by atomic mass is 10.2. The number of hydrogen-bond donors (Lipinski definition) is 1. The number of fused-ring (bicyclic) bond motifs is 1. The van der Waals surface area contributed by atoms with Gasteiger partial charge in [-0.05, 0) is 60.7 Å². The lowest BCUT2D eigenvalue weighted by molar-refractivity contribution is 0.258. The van der Waals surface area contributed by atoms with Crippen LogP contribution in [-0.4, -0.2) is 39.4 Å². The third-order valence-electron chi connectivity index (χ3n) is 5.30. The van der Waals surface area contributed by atoms with Crippen LogP contribution in [0.4, 0.5) is 16.2 Å². The number of rotatable bonds is 7. The van der Waals surface area contributed by atoms with E-state index < -0.39 is 0 Å². The third kappa shape index (κ3) is 4.80. The maximum atomic E-state index is 12.6. The van der Waals surface area contributed by atoms with Gasteiger partial charge in [-0.15, -0.1) is 0 Å². The van der Waals surface area contributed by atoms with Crippen LogP contribution in [-0.2, 0) is 0 Å². The molecule has 0 fully saturated rings. The summed E-state index contributed by atoms with van der Waals surface area (Å²) in [6.45, 7) is 0. The van der Waals surface area contributed by atoms with Crippen molar-refractivity contribution in [1.82, 2.24) is 4.98 Å². The maximum absolute atomic E-state index is 12.6. The van der Waals surface area contributed by atoms with Gasteiger partial charge in [0.05, 0.1) is 26.8 Å². The number of aromatic nitrogens is 1. The van der Waals surface area contributed by atoms with Crippen LogP contribution >= 0.6 is 0 Å². The lowest BCUT2D eigenvalue weighted by Gasteiger charge is -2.19. The van der Waals surface area contributed by atoms with Crippen molar-refractivity contribution in [3.8, 4) is 28.7 Å². The minimum absolute atomic E-state index is 0.264. The molecule has 8 nitrogen and oxygen atoms in total. The van der Waals surface area contributed by atoms with E-state index in [2.05, 4.69) is 10.3 Å². The summed E-state index contributed by atoms with van der Waals surface area (Å²) in [6.07, 6.45) is 1.68. The molecule has 0 saturated heterocycles. The second-order valence-electron chi connectivity index (χ2n) is 7.35. The van der Waals surface area contributed by atoms with Crippen molar-refractivity contribution < 1.29 is 23.7 Å². The lowest BCUT2D eigenvalue weighted by Crippen LogP contribution is -2.31. The number of pyridine rings is 1. The quantitative estimate of drug-likeness (QED) is 0.381. The van der Waals surface area contributed by atoms with E-state index in [-0.39, 0.29) is 6.03 Å². The van der Waals surface area contributed by atoms with E-state index in [0.29, 0.717) is 34.4 Å². The van der Waals surface area contributed by atoms with Gasteiger partial charge in [-0.25, -0.2) is 4.79 Å². The van der Waals surface area contributed by atoms with Crippen LogP contribution in [0.5, 0.6) is 28.7 Å². The van der Waals surface area contributed by atoms with Crippen LogP contribution in [0.1, 0.15) is 0 Å². The summed E-state index contributed by atoms with van der Waals surface area (Å²) >= 11 is 0. The van der Waals surface area contributed by atoms with Gasteiger partial charge in [0.15, 0.2) is 11.5 Å². The Balaban J connectivity index is 1.49. The maximum Gasteiger partial charge on any atom is 0.326 e. The van der Waals surface area contributed by atoms with E-state index in [9.17, 15) is 4.79 Å². The summed E-state index contributed by atoms with van der Waals surface area (Å²) < 4.78 is 22.0. The van der Waals surface area contributed by atoms with Crippen molar-refractivity contribution in [2.24, 2.45) is 0 Å². The van der Waals surface area contributed by atoms with Crippen LogP contribution in [0.3, 0.4) is 0 Å². The summed E-state index contributed by atoms with van der Waals surface area (Å²) in [6, 6.07) is 19.5. The average molecular weight is 460 g/mol. The molecule has 0 atom stereocenters. The van der Waals surface area contributed by atoms with Crippen molar-refractivity contribution in [2.75, 3.05) is 38.6 Å². The largest absolute Gasteiger partial charge is 0.497 e. The minimum Gasteiger partial charge on any atom is -0.497 e. The van der Waals surface area contributed by atoms with E-state index in [0.717, 1.165) is 16.7 Å². The number of benzene rings is 3. The summed E-state index contributed by atoms with van der Waals surface area (Å²) in [5.41, 5.74) is 2.11. The molecule has 0 bridgehead atoms. The van der Waals surface area contributed by atoms with E-state index in [1.807, 2.05) is 18.2 Å². The molecule has 0 aliphatic rings. The first kappa shape index (κ1) is 22.7. The summed E-state index contributed by atoms with van der Waals surface area (Å²) in [5.74, 6) is 3.16. The number of methoxy groups -OCH3 is 3. The number of nitrogens with one attached hydrogen (secondary N) is 1. The van der Waals surface area contributed by atoms with Crippen LogP contribution in [0.2, 0.25) is 0 Å². The monoisotopic (exact) mass is 459 g/mol. The average Bonchev–Trinajstić information content (AvgIpc) is 2.88. The van der Waals surface area contributed by atoms with Gasteiger partial charge in [-0.3, -0.25) is 9.88 Å². The number of carbonyl (C=O) groups is 1. The van der Waals surface area contributed by atoms with Crippen LogP contribution in [0, 0.1) is 0 Å². The molecule has 1 N–H and O–H groups in total. The van der Waals surface area contributed by atoms with Gasteiger partial charge in [0.25, 0.3) is 0 Å². The van der Waals surface area contributed by atoms with Gasteiger partial charge in [0.1, 0.15) is 17.2 Å². The van der Waals surface area contributed by atoms with E-state index in [1.165, 1.54) is 4.90 Å². The molecule has 34 heavy (non-hydrogen) atoms. The molecule has 0 saturated carbocycles. The van der Waals surface area contributed by atoms with Crippen LogP contribution in [0.15, 0.2) is 72.9 Å². The molecule has 0 unspecified atom stereocenters. The highest BCUT2D eigenvalue weighted by Crippen LogP contribution is 2.37. The van der Waals surface area contributed by atoms with Crippen LogP contribution in [0.25, 0.3) is 10.9 Å². The van der Waals surface area contributed by atoms with Crippen LogP contribution < -0.4 is 29.2 Å². The Kier molecular flexibility index (Phi) is 6.68. The number of urea groups is 1. The molecule has 1 aromatic heterocycles. The Morgan fingerprint density at radius 3 is 2.09 bits per heavy atom. The Hall–Kier alpha value is -4.46. The van der Waals surface area contributed by atoms with Gasteiger partial charge < -0.3 is 24.3 Å². The molecular formula is C26H25N3O5. The molecule has 4 rings (SSSR count). The van der Waals surface area contributed by atoms with Crippen molar-refractivity contribution in [3.63, 3.8) is 0 Å². The molecule has 2 amide bonds. The SMILES string of the molecule is COc1ccc(NC(=O)N(C)c2ccc(Oc3ccnc4cc(OC)c(OC)cc34)cc2)cc1. The van der Waals surface area contributed by atoms with E-state index in [4.69, 9.17) is 18.9 Å². The topological polar surface area (TPSA) is 82.2 Å². The molecule has 3 aromatic carbocycles. The van der Waals surface area contributed by atoms with Crippen molar-refractivity contribution in [2.45, 2.75) is 0 Å². The third-order valence-corrected chi connectivity index (χ3v) is 5.30. The summed E-state index contributed by atoms with van der Waals surface area (Å²) in [4.78, 5) is 18.5. The van der Waals surface area contributed by atoms with Gasteiger partial charge in [0.2, 0.25) is 0 Å². The second kappa shape index (κ2) is 9.99. The van der Waals surface area contributed by atoms with Crippen molar-refractivity contribution in [1.29, 1.82) is 0 Å². The highest BCUT2D eigenvalue weighted by Gasteiger charge is 2.13. The van der Waals surface area contributed by atoms with E-state index in [1.54, 1.807) is 83.1 Å². The fourth-order valence-corrected chi connectivity index (χ4v) is 3.40. The molecule has 0 radical (unpaired) electrons. The highest BCUT2D eigenvalue weighted by atomic mass is 16.5. The Bertz CT molecular complexity index is 1290. The molecule has 0 spiro atoms. The molecular weight excluding hydrogens is 434 g/mol. The molecule has 174 valence electrons. The zero-order valence-corrected chi connectivity index (χ0v) is 19.4. The fraction of sp³-hybridized carbons (Fsp3) is 0.154. The number of hydrogen-bond acceptors (Lipinski definition) is 6. The first-order valence-corrected chi connectivity index (χ1v) is 10.5. The molecule has 0 aliphatic heterocycles. The Morgan fingerprint density at radius 1 is 0.794 bits per heavy atom. The number of amides is 2. The zero-order valence-electron chi connectivity index (χ0n) is 19.4. The minimum atomic E-state index is -0.264. The predicted molar refractivity (Wildman–Crippen MR) is 132 cm³/mol. The van der Waals surface area contributed by atoms with Gasteiger partial charge in [-0.2, -0.15) is 0 Å². The van der Waals surface area contributed by atoms with Crippen molar-refractivity contribution >= 4 is 28.3 Å². The zero-order chi connectivity index (χ0) is 24.1. The van der Waals surface area contributed by atoms with Gasteiger partial charge in [0, 0.05) is 36.1 Å². The molecule has 0 aliphatic carbocycles. The number of carbonyl (C=O) groups excluding carboxylic acids is 1. The number of nitrogens with zero attached hydrogens (tertiary/aromatic N) is 2. The molecule has 8 heteroatoms. The highest BCUT2D eigenvalue weighted by molar-refractivity contribution is 6.01. The molecule has 1 heterocycles. The smallest absolute Gasteiger partial charge is 0.326 e. The first-order valence-electron chi connectivity index (χ1n) is 10.5. The summed E-state index contributed by atoms with van der Waals surface area (Å²) in [7, 11) is 6.46. The predicted octanol–water partition coefficient (Wildman–Crippen LogP) is 5.72.